The molecule has 80 valence electrons. The van der Waals surface area contributed by atoms with Gasteiger partial charge in [0.25, 0.3) is 5.69 Å². The molecule has 1 unspecified atom stereocenters. The Labute approximate surface area is 92.0 Å². The van der Waals surface area contributed by atoms with Crippen LogP contribution in [0.4, 0.5) is 5.69 Å². The minimum atomic E-state index is -0.815. The van der Waals surface area contributed by atoms with Crippen LogP contribution >= 0.6 is 11.6 Å². The van der Waals surface area contributed by atoms with E-state index in [1.807, 2.05) is 0 Å². The smallest absolute Gasteiger partial charge is 0.272 e. The normalized spacial score (nSPS) is 12.2. The van der Waals surface area contributed by atoms with Crippen molar-refractivity contribution in [2.75, 3.05) is 0 Å². The summed E-state index contributed by atoms with van der Waals surface area (Å²) >= 11 is 5.80. The molecule has 0 heterocycles. The van der Waals surface area contributed by atoms with Gasteiger partial charge < -0.3 is 0 Å². The van der Waals surface area contributed by atoms with E-state index in [1.165, 1.54) is 13.0 Å². The minimum Gasteiger partial charge on any atom is -0.298 e. The van der Waals surface area contributed by atoms with Crippen LogP contribution < -0.4 is 0 Å². The highest BCUT2D eigenvalue weighted by molar-refractivity contribution is 6.30. The molecule has 0 aliphatic heterocycles. The Balaban J connectivity index is 3.18. The first-order chi connectivity index (χ1) is 6.93. The van der Waals surface area contributed by atoms with Crippen LogP contribution in [-0.4, -0.2) is 10.7 Å². The van der Waals surface area contributed by atoms with Crippen LogP contribution in [0.1, 0.15) is 23.4 Å². The maximum absolute atomic E-state index is 11.0. The molecule has 0 aliphatic rings. The lowest BCUT2D eigenvalue weighted by Crippen LogP contribution is -2.02. The molecular formula is C10H10ClNO3. The molecule has 1 rings (SSSR count). The van der Waals surface area contributed by atoms with Crippen LogP contribution in [-0.2, 0) is 4.79 Å². The minimum absolute atomic E-state index is 0.0144. The number of alkyl halides is 1. The number of nitro groups is 1. The number of Topliss-reactive ketones (excluding diaryl/α,β-unsaturated/α-hetero) is 1. The zero-order chi connectivity index (χ0) is 11.6. The summed E-state index contributed by atoms with van der Waals surface area (Å²) in [7, 11) is 0. The molecule has 15 heavy (non-hydrogen) atoms. The molecule has 4 nitrogen and oxygen atoms in total. The number of ketones is 1. The number of halogens is 1. The first kappa shape index (κ1) is 11.7. The molecule has 0 fully saturated rings. The van der Waals surface area contributed by atoms with Crippen molar-refractivity contribution in [3.63, 3.8) is 0 Å². The summed E-state index contributed by atoms with van der Waals surface area (Å²) in [5.41, 5.74) is 0.997. The number of carbonyl (C=O) groups is 1. The monoisotopic (exact) mass is 227 g/mol. The molecular weight excluding hydrogens is 218 g/mol. The number of nitro benzene ring substituents is 1. The number of rotatable bonds is 3. The molecule has 0 saturated carbocycles. The Morgan fingerprint density at radius 3 is 2.60 bits per heavy atom. The van der Waals surface area contributed by atoms with Gasteiger partial charge in [-0.15, -0.1) is 11.6 Å². The van der Waals surface area contributed by atoms with Crippen molar-refractivity contribution in [1.29, 1.82) is 0 Å². The van der Waals surface area contributed by atoms with E-state index in [1.54, 1.807) is 19.1 Å². The van der Waals surface area contributed by atoms with Crippen LogP contribution in [0.2, 0.25) is 0 Å². The van der Waals surface area contributed by atoms with E-state index in [4.69, 9.17) is 11.6 Å². The van der Waals surface area contributed by atoms with Crippen molar-refractivity contribution < 1.29 is 9.72 Å². The number of hydrogen-bond acceptors (Lipinski definition) is 3. The average molecular weight is 228 g/mol. The van der Waals surface area contributed by atoms with E-state index in [9.17, 15) is 14.9 Å². The van der Waals surface area contributed by atoms with Crippen LogP contribution in [0.25, 0.3) is 0 Å². The number of benzene rings is 1. The lowest BCUT2D eigenvalue weighted by atomic mass is 10.1. The second-order valence-corrected chi connectivity index (χ2v) is 3.71. The second kappa shape index (κ2) is 4.40. The maximum atomic E-state index is 11.0. The van der Waals surface area contributed by atoms with Gasteiger partial charge in [-0.05, 0) is 19.4 Å². The Morgan fingerprint density at radius 1 is 1.53 bits per heavy atom. The fourth-order valence-corrected chi connectivity index (χ4v) is 1.35. The van der Waals surface area contributed by atoms with Crippen molar-refractivity contribution in [3.05, 3.63) is 39.4 Å². The molecule has 0 bridgehead atoms. The quantitative estimate of drug-likeness (QED) is 0.453. The highest BCUT2D eigenvalue weighted by Crippen LogP contribution is 2.27. The molecule has 1 aromatic rings. The van der Waals surface area contributed by atoms with Gasteiger partial charge in [0.1, 0.15) is 5.38 Å². The molecule has 0 saturated heterocycles. The van der Waals surface area contributed by atoms with Crippen LogP contribution in [0.5, 0.6) is 0 Å². The summed E-state index contributed by atoms with van der Waals surface area (Å²) < 4.78 is 0. The van der Waals surface area contributed by atoms with Gasteiger partial charge in [0.2, 0.25) is 0 Å². The third-order valence-corrected chi connectivity index (χ3v) is 2.64. The van der Waals surface area contributed by atoms with E-state index in [2.05, 4.69) is 0 Å². The first-order valence-corrected chi connectivity index (χ1v) is 4.76. The topological polar surface area (TPSA) is 60.2 Å². The van der Waals surface area contributed by atoms with Gasteiger partial charge >= 0.3 is 0 Å². The average Bonchev–Trinajstić information content (AvgIpc) is 2.16. The highest BCUT2D eigenvalue weighted by Gasteiger charge is 2.18. The lowest BCUT2D eigenvalue weighted by Gasteiger charge is -2.06. The number of carbonyl (C=O) groups excluding carboxylic acids is 1. The fourth-order valence-electron chi connectivity index (χ4n) is 1.22. The van der Waals surface area contributed by atoms with Gasteiger partial charge in [0.05, 0.1) is 4.92 Å². The predicted molar refractivity (Wildman–Crippen MR) is 57.1 cm³/mol. The van der Waals surface area contributed by atoms with Crippen molar-refractivity contribution in [1.82, 2.24) is 0 Å². The summed E-state index contributed by atoms with van der Waals surface area (Å²) in [5, 5.41) is 9.83. The molecule has 0 N–H and O–H groups in total. The van der Waals surface area contributed by atoms with E-state index in [-0.39, 0.29) is 11.5 Å². The van der Waals surface area contributed by atoms with E-state index in [0.717, 1.165) is 0 Å². The maximum Gasteiger partial charge on any atom is 0.272 e. The molecule has 0 aliphatic carbocycles. The summed E-state index contributed by atoms with van der Waals surface area (Å²) in [5.74, 6) is -0.227. The Bertz CT molecular complexity index is 417. The van der Waals surface area contributed by atoms with E-state index < -0.39 is 10.3 Å². The predicted octanol–water partition coefficient (Wildman–Crippen LogP) is 2.77. The number of aryl methyl sites for hydroxylation is 1. The van der Waals surface area contributed by atoms with Crippen LogP contribution in [0.3, 0.4) is 0 Å². The van der Waals surface area contributed by atoms with Gasteiger partial charge in [-0.1, -0.05) is 12.1 Å². The molecule has 0 aromatic heterocycles. The Hall–Kier alpha value is -1.42. The van der Waals surface area contributed by atoms with Crippen molar-refractivity contribution in [2.45, 2.75) is 19.2 Å². The zero-order valence-electron chi connectivity index (χ0n) is 8.36. The summed E-state index contributed by atoms with van der Waals surface area (Å²) in [6.07, 6.45) is 0. The molecule has 0 spiro atoms. The summed E-state index contributed by atoms with van der Waals surface area (Å²) in [6.45, 7) is 2.99. The van der Waals surface area contributed by atoms with Crippen molar-refractivity contribution in [2.24, 2.45) is 0 Å². The molecule has 0 amide bonds. The molecule has 1 aromatic carbocycles. The zero-order valence-corrected chi connectivity index (χ0v) is 9.12. The van der Waals surface area contributed by atoms with Gasteiger partial charge in [-0.25, -0.2) is 0 Å². The van der Waals surface area contributed by atoms with Gasteiger partial charge in [0, 0.05) is 11.6 Å². The fraction of sp³-hybridized carbons (Fsp3) is 0.300. The Kier molecular flexibility index (Phi) is 3.42. The first-order valence-electron chi connectivity index (χ1n) is 4.33. The van der Waals surface area contributed by atoms with Crippen LogP contribution in [0, 0.1) is 17.0 Å². The molecule has 5 heteroatoms. The van der Waals surface area contributed by atoms with E-state index >= 15 is 0 Å². The molecule has 0 radical (unpaired) electrons. The summed E-state index contributed by atoms with van der Waals surface area (Å²) in [4.78, 5) is 21.2. The SMILES string of the molecule is CC(=O)C(Cl)c1ccc(C)c([N+](=O)[O-])c1. The number of hydrogen-bond donors (Lipinski definition) is 0. The third-order valence-electron chi connectivity index (χ3n) is 2.08. The highest BCUT2D eigenvalue weighted by atomic mass is 35.5. The van der Waals surface area contributed by atoms with Gasteiger partial charge in [-0.3, -0.25) is 14.9 Å². The third kappa shape index (κ3) is 2.53. The van der Waals surface area contributed by atoms with Crippen molar-refractivity contribution >= 4 is 23.1 Å². The largest absolute Gasteiger partial charge is 0.298 e. The molecule has 1 atom stereocenters. The van der Waals surface area contributed by atoms with Gasteiger partial charge in [-0.2, -0.15) is 0 Å². The summed E-state index contributed by atoms with van der Waals surface area (Å²) in [6, 6.07) is 4.56. The lowest BCUT2D eigenvalue weighted by molar-refractivity contribution is -0.385. The van der Waals surface area contributed by atoms with Crippen LogP contribution in [0.15, 0.2) is 18.2 Å². The number of nitrogens with zero attached hydrogens (tertiary/aromatic N) is 1. The van der Waals surface area contributed by atoms with Gasteiger partial charge in [0.15, 0.2) is 5.78 Å². The van der Waals surface area contributed by atoms with E-state index in [0.29, 0.717) is 11.1 Å². The second-order valence-electron chi connectivity index (χ2n) is 3.28. The Morgan fingerprint density at radius 2 is 2.13 bits per heavy atom. The van der Waals surface area contributed by atoms with Crippen molar-refractivity contribution in [3.8, 4) is 0 Å². The standard InChI is InChI=1S/C10H10ClNO3/c1-6-3-4-8(10(11)7(2)13)5-9(6)12(14)15/h3-5,10H,1-2H3.